The fourth-order valence-electron chi connectivity index (χ4n) is 2.12. The Labute approximate surface area is 86.7 Å². The molecule has 3 nitrogen and oxygen atoms in total. The van der Waals surface area contributed by atoms with Crippen LogP contribution in [0.3, 0.4) is 0 Å². The Morgan fingerprint density at radius 2 is 1.92 bits per heavy atom. The van der Waals surface area contributed by atoms with Crippen molar-refractivity contribution >= 4 is 12.4 Å². The molecule has 2 heterocycles. The lowest BCUT2D eigenvalue weighted by molar-refractivity contribution is 0.271. The van der Waals surface area contributed by atoms with Gasteiger partial charge in [0.2, 0.25) is 0 Å². The highest BCUT2D eigenvalue weighted by Gasteiger charge is 2.18. The Bertz CT molecular complexity index is 131. The molecule has 4 heteroatoms. The van der Waals surface area contributed by atoms with Gasteiger partial charge in [-0.25, -0.2) is 0 Å². The lowest BCUT2D eigenvalue weighted by Crippen LogP contribution is -2.52. The predicted octanol–water partition coefficient (Wildman–Crippen LogP) is 0.0654. The molecule has 0 aromatic carbocycles. The van der Waals surface area contributed by atoms with E-state index in [0.717, 1.165) is 19.6 Å². The monoisotopic (exact) mass is 205 g/mol. The molecule has 0 amide bonds. The van der Waals surface area contributed by atoms with Gasteiger partial charge in [-0.1, -0.05) is 0 Å². The minimum Gasteiger partial charge on any atom is -0.314 e. The zero-order chi connectivity index (χ0) is 8.23. The van der Waals surface area contributed by atoms with Gasteiger partial charge in [-0.2, -0.15) is 0 Å². The fourth-order valence-corrected chi connectivity index (χ4v) is 2.12. The van der Waals surface area contributed by atoms with Crippen LogP contribution in [0.4, 0.5) is 0 Å². The molecular weight excluding hydrogens is 186 g/mol. The third-order valence-corrected chi connectivity index (χ3v) is 2.80. The molecule has 0 unspecified atom stereocenters. The van der Waals surface area contributed by atoms with Gasteiger partial charge in [0.15, 0.2) is 0 Å². The Morgan fingerprint density at radius 1 is 1.15 bits per heavy atom. The quantitative estimate of drug-likeness (QED) is 0.668. The molecule has 0 bridgehead atoms. The number of rotatable bonds is 2. The zero-order valence-corrected chi connectivity index (χ0v) is 8.91. The Morgan fingerprint density at radius 3 is 2.54 bits per heavy atom. The topological polar surface area (TPSA) is 27.3 Å². The van der Waals surface area contributed by atoms with Gasteiger partial charge in [-0.15, -0.1) is 12.4 Å². The molecule has 0 aromatic rings. The molecule has 2 aliphatic heterocycles. The first-order chi connectivity index (χ1) is 5.95. The molecule has 2 fully saturated rings. The Balaban J connectivity index is 0.000000845. The third kappa shape index (κ3) is 3.43. The maximum absolute atomic E-state index is 3.54. The average molecular weight is 206 g/mol. The highest BCUT2D eigenvalue weighted by molar-refractivity contribution is 5.85. The van der Waals surface area contributed by atoms with Crippen molar-refractivity contribution in [2.45, 2.75) is 18.9 Å². The SMILES string of the molecule is C1CCN(C[C@H]2CNCCN2)C1.Cl. The van der Waals surface area contributed by atoms with Crippen LogP contribution in [-0.4, -0.2) is 50.2 Å². The zero-order valence-electron chi connectivity index (χ0n) is 8.09. The smallest absolute Gasteiger partial charge is 0.0320 e. The van der Waals surface area contributed by atoms with E-state index < -0.39 is 0 Å². The Kier molecular flexibility index (Phi) is 5.02. The maximum Gasteiger partial charge on any atom is 0.0320 e. The Hall–Kier alpha value is 0.170. The molecule has 0 spiro atoms. The highest BCUT2D eigenvalue weighted by Crippen LogP contribution is 2.07. The van der Waals surface area contributed by atoms with Crippen molar-refractivity contribution in [3.05, 3.63) is 0 Å². The van der Waals surface area contributed by atoms with Gasteiger partial charge in [0.1, 0.15) is 0 Å². The van der Waals surface area contributed by atoms with Crippen LogP contribution in [0.5, 0.6) is 0 Å². The number of hydrogen-bond donors (Lipinski definition) is 2. The van der Waals surface area contributed by atoms with E-state index in [0.29, 0.717) is 6.04 Å². The van der Waals surface area contributed by atoms with Crippen molar-refractivity contribution in [1.82, 2.24) is 15.5 Å². The largest absolute Gasteiger partial charge is 0.314 e. The van der Waals surface area contributed by atoms with Crippen molar-refractivity contribution in [3.8, 4) is 0 Å². The van der Waals surface area contributed by atoms with E-state index in [-0.39, 0.29) is 12.4 Å². The van der Waals surface area contributed by atoms with E-state index in [1.807, 2.05) is 0 Å². The van der Waals surface area contributed by atoms with Crippen molar-refractivity contribution < 1.29 is 0 Å². The van der Waals surface area contributed by atoms with E-state index in [1.165, 1.54) is 32.5 Å². The lowest BCUT2D eigenvalue weighted by Gasteiger charge is -2.28. The number of likely N-dealkylation sites (tertiary alicyclic amines) is 1. The number of hydrogen-bond acceptors (Lipinski definition) is 3. The summed E-state index contributed by atoms with van der Waals surface area (Å²) in [6.07, 6.45) is 2.81. The summed E-state index contributed by atoms with van der Waals surface area (Å²) in [6, 6.07) is 0.692. The number of halogens is 1. The first-order valence-electron chi connectivity index (χ1n) is 5.11. The van der Waals surface area contributed by atoms with Gasteiger partial charge in [0.05, 0.1) is 0 Å². The van der Waals surface area contributed by atoms with Gasteiger partial charge in [0, 0.05) is 32.2 Å². The number of piperazine rings is 1. The van der Waals surface area contributed by atoms with Crippen LogP contribution in [0.1, 0.15) is 12.8 Å². The molecule has 13 heavy (non-hydrogen) atoms. The molecule has 0 saturated carbocycles. The second-order valence-electron chi connectivity index (χ2n) is 3.86. The van der Waals surface area contributed by atoms with E-state index >= 15 is 0 Å². The molecule has 2 N–H and O–H groups in total. The van der Waals surface area contributed by atoms with Gasteiger partial charge >= 0.3 is 0 Å². The van der Waals surface area contributed by atoms with Crippen LogP contribution >= 0.6 is 12.4 Å². The molecule has 0 aliphatic carbocycles. The second kappa shape index (κ2) is 5.81. The van der Waals surface area contributed by atoms with Gasteiger partial charge in [-0.05, 0) is 25.9 Å². The first-order valence-corrected chi connectivity index (χ1v) is 5.11. The summed E-state index contributed by atoms with van der Waals surface area (Å²) in [5, 5.41) is 6.96. The molecule has 0 radical (unpaired) electrons. The highest BCUT2D eigenvalue weighted by atomic mass is 35.5. The van der Waals surface area contributed by atoms with Crippen molar-refractivity contribution in [3.63, 3.8) is 0 Å². The van der Waals surface area contributed by atoms with Crippen LogP contribution in [0.2, 0.25) is 0 Å². The molecular formula is C9H20ClN3. The van der Waals surface area contributed by atoms with Crippen molar-refractivity contribution in [2.75, 3.05) is 39.3 Å². The van der Waals surface area contributed by atoms with E-state index in [2.05, 4.69) is 15.5 Å². The average Bonchev–Trinajstić information content (AvgIpc) is 2.59. The summed E-state index contributed by atoms with van der Waals surface area (Å²) < 4.78 is 0. The van der Waals surface area contributed by atoms with Crippen LogP contribution in [0.15, 0.2) is 0 Å². The summed E-state index contributed by atoms with van der Waals surface area (Å²) in [4.78, 5) is 2.57. The normalized spacial score (nSPS) is 30.0. The number of nitrogens with one attached hydrogen (secondary N) is 2. The van der Waals surface area contributed by atoms with Crippen LogP contribution in [-0.2, 0) is 0 Å². The summed E-state index contributed by atoms with van der Waals surface area (Å²) in [5.74, 6) is 0. The lowest BCUT2D eigenvalue weighted by atomic mass is 10.2. The van der Waals surface area contributed by atoms with E-state index in [4.69, 9.17) is 0 Å². The molecule has 78 valence electrons. The molecule has 0 aromatic heterocycles. The fraction of sp³-hybridized carbons (Fsp3) is 1.00. The standard InChI is InChI=1S/C9H19N3.ClH/c1-2-6-12(5-1)8-9-7-10-3-4-11-9;/h9-11H,1-8H2;1H/t9-;/m1./s1. The molecule has 2 aliphatic rings. The van der Waals surface area contributed by atoms with Crippen LogP contribution in [0, 0.1) is 0 Å². The van der Waals surface area contributed by atoms with Gasteiger partial charge < -0.3 is 15.5 Å². The second-order valence-corrected chi connectivity index (χ2v) is 3.86. The number of nitrogens with zero attached hydrogens (tertiary/aromatic N) is 1. The summed E-state index contributed by atoms with van der Waals surface area (Å²) >= 11 is 0. The van der Waals surface area contributed by atoms with Gasteiger partial charge in [0.25, 0.3) is 0 Å². The van der Waals surface area contributed by atoms with Crippen LogP contribution < -0.4 is 10.6 Å². The minimum atomic E-state index is 0. The third-order valence-electron chi connectivity index (χ3n) is 2.80. The van der Waals surface area contributed by atoms with Crippen molar-refractivity contribution in [2.24, 2.45) is 0 Å². The van der Waals surface area contributed by atoms with E-state index in [9.17, 15) is 0 Å². The predicted molar refractivity (Wildman–Crippen MR) is 57.6 cm³/mol. The molecule has 1 atom stereocenters. The summed E-state index contributed by atoms with van der Waals surface area (Å²) in [7, 11) is 0. The van der Waals surface area contributed by atoms with Crippen LogP contribution in [0.25, 0.3) is 0 Å². The van der Waals surface area contributed by atoms with E-state index in [1.54, 1.807) is 0 Å². The first kappa shape index (κ1) is 11.2. The molecule has 2 saturated heterocycles. The van der Waals surface area contributed by atoms with Gasteiger partial charge in [-0.3, -0.25) is 0 Å². The minimum absolute atomic E-state index is 0. The summed E-state index contributed by atoms with van der Waals surface area (Å²) in [6.45, 7) is 7.30. The summed E-state index contributed by atoms with van der Waals surface area (Å²) in [5.41, 5.74) is 0. The molecule has 2 rings (SSSR count). The maximum atomic E-state index is 3.54. The van der Waals surface area contributed by atoms with Crippen molar-refractivity contribution in [1.29, 1.82) is 0 Å².